The van der Waals surface area contributed by atoms with Gasteiger partial charge in [0.2, 0.25) is 10.0 Å². The summed E-state index contributed by atoms with van der Waals surface area (Å²) in [6.45, 7) is 2.10. The summed E-state index contributed by atoms with van der Waals surface area (Å²) >= 11 is 9.21. The molecule has 0 saturated heterocycles. The number of nitrogens with two attached hydrogens (primary N) is 1. The lowest BCUT2D eigenvalue weighted by Crippen LogP contribution is -2.27. The lowest BCUT2D eigenvalue weighted by molar-refractivity contribution is 0.0948. The number of hydrogen-bond donors (Lipinski definition) is 2. The molecule has 2 unspecified atom stereocenters. The maximum Gasteiger partial charge on any atom is 0.253 e. The summed E-state index contributed by atoms with van der Waals surface area (Å²) in [6.07, 6.45) is 3.09. The van der Waals surface area contributed by atoms with Gasteiger partial charge in [0.05, 0.1) is 15.5 Å². The molecule has 5 nitrogen and oxygen atoms in total. The minimum atomic E-state index is -3.90. The summed E-state index contributed by atoms with van der Waals surface area (Å²) in [4.78, 5) is 12.1. The Balaban J connectivity index is 2.23. The second-order valence-electron chi connectivity index (χ2n) is 5.18. The van der Waals surface area contributed by atoms with Crippen molar-refractivity contribution >= 4 is 43.5 Å². The standard InChI is InChI=1S/C13H16BrClN2O3S/c1-2-3-7-4-11(7)17-13(18)9-5-8(21(16,19)20)6-10(14)12(9)15/h5-7,11H,2-4H2,1H3,(H,17,18)(H2,16,19,20). The van der Waals surface area contributed by atoms with Gasteiger partial charge in [0.1, 0.15) is 0 Å². The third-order valence-corrected chi connectivity index (χ3v) is 5.63. The van der Waals surface area contributed by atoms with Crippen molar-refractivity contribution in [3.05, 3.63) is 27.2 Å². The maximum atomic E-state index is 12.2. The first-order valence-corrected chi connectivity index (χ1v) is 9.28. The molecular formula is C13H16BrClN2O3S. The van der Waals surface area contributed by atoms with E-state index in [-0.39, 0.29) is 27.4 Å². The van der Waals surface area contributed by atoms with E-state index in [1.54, 1.807) is 0 Å². The highest BCUT2D eigenvalue weighted by Crippen LogP contribution is 2.35. The van der Waals surface area contributed by atoms with Crippen molar-refractivity contribution in [3.8, 4) is 0 Å². The highest BCUT2D eigenvalue weighted by atomic mass is 79.9. The van der Waals surface area contributed by atoms with Gasteiger partial charge >= 0.3 is 0 Å². The van der Waals surface area contributed by atoms with Gasteiger partial charge in [-0.3, -0.25) is 4.79 Å². The molecule has 0 spiro atoms. The van der Waals surface area contributed by atoms with Crippen LogP contribution in [0.15, 0.2) is 21.5 Å². The smallest absolute Gasteiger partial charge is 0.253 e. The molecule has 8 heteroatoms. The Hall–Kier alpha value is -0.630. The van der Waals surface area contributed by atoms with Gasteiger partial charge in [-0.25, -0.2) is 13.6 Å². The van der Waals surface area contributed by atoms with Crippen LogP contribution in [-0.2, 0) is 10.0 Å². The molecule has 0 bridgehead atoms. The number of hydrogen-bond acceptors (Lipinski definition) is 3. The maximum absolute atomic E-state index is 12.2. The highest BCUT2D eigenvalue weighted by Gasteiger charge is 2.37. The molecule has 0 aromatic heterocycles. The monoisotopic (exact) mass is 394 g/mol. The minimum absolute atomic E-state index is 0.109. The van der Waals surface area contributed by atoms with Crippen LogP contribution < -0.4 is 10.5 Å². The molecule has 1 aromatic carbocycles. The third-order valence-electron chi connectivity index (χ3n) is 3.47. The largest absolute Gasteiger partial charge is 0.349 e. The van der Waals surface area contributed by atoms with Gasteiger partial charge < -0.3 is 5.32 Å². The Labute approximate surface area is 137 Å². The van der Waals surface area contributed by atoms with Crippen LogP contribution in [0.25, 0.3) is 0 Å². The molecule has 1 aromatic rings. The fourth-order valence-electron chi connectivity index (χ4n) is 2.25. The zero-order valence-corrected chi connectivity index (χ0v) is 14.6. The first-order valence-electron chi connectivity index (χ1n) is 6.56. The molecule has 116 valence electrons. The zero-order valence-electron chi connectivity index (χ0n) is 11.4. The molecule has 1 aliphatic carbocycles. The van der Waals surface area contributed by atoms with E-state index in [1.165, 1.54) is 12.1 Å². The van der Waals surface area contributed by atoms with E-state index >= 15 is 0 Å². The SMILES string of the molecule is CCCC1CC1NC(=O)c1cc(S(N)(=O)=O)cc(Br)c1Cl. The van der Waals surface area contributed by atoms with Crippen LogP contribution in [0.2, 0.25) is 5.02 Å². The topological polar surface area (TPSA) is 89.3 Å². The van der Waals surface area contributed by atoms with Crippen molar-refractivity contribution in [3.63, 3.8) is 0 Å². The number of halogens is 2. The number of carbonyl (C=O) groups is 1. The molecule has 2 atom stereocenters. The Kier molecular flexibility index (Phi) is 4.97. The van der Waals surface area contributed by atoms with Crippen molar-refractivity contribution in [2.45, 2.75) is 37.1 Å². The second kappa shape index (κ2) is 6.24. The average molecular weight is 396 g/mol. The van der Waals surface area contributed by atoms with E-state index in [9.17, 15) is 13.2 Å². The molecule has 21 heavy (non-hydrogen) atoms. The summed E-state index contributed by atoms with van der Waals surface area (Å²) in [5.74, 6) is 0.123. The number of carbonyl (C=O) groups excluding carboxylic acids is 1. The van der Waals surface area contributed by atoms with Gasteiger partial charge in [-0.2, -0.15) is 0 Å². The summed E-state index contributed by atoms with van der Waals surface area (Å²) < 4.78 is 23.2. The summed E-state index contributed by atoms with van der Waals surface area (Å²) in [5.41, 5.74) is 0.109. The Morgan fingerprint density at radius 2 is 2.19 bits per heavy atom. The van der Waals surface area contributed by atoms with Crippen LogP contribution in [0.4, 0.5) is 0 Å². The molecular weight excluding hydrogens is 380 g/mol. The molecule has 0 heterocycles. The quantitative estimate of drug-likeness (QED) is 0.803. The Morgan fingerprint density at radius 3 is 2.76 bits per heavy atom. The Morgan fingerprint density at radius 1 is 1.52 bits per heavy atom. The number of rotatable bonds is 5. The second-order valence-corrected chi connectivity index (χ2v) is 7.97. The van der Waals surface area contributed by atoms with Crippen molar-refractivity contribution in [1.29, 1.82) is 0 Å². The first-order chi connectivity index (χ1) is 9.74. The molecule has 1 fully saturated rings. The van der Waals surface area contributed by atoms with Gasteiger partial charge in [-0.05, 0) is 46.8 Å². The van der Waals surface area contributed by atoms with E-state index in [4.69, 9.17) is 16.7 Å². The zero-order chi connectivity index (χ0) is 15.8. The number of nitrogens with one attached hydrogen (secondary N) is 1. The van der Waals surface area contributed by atoms with Crippen molar-refractivity contribution in [2.24, 2.45) is 11.1 Å². The average Bonchev–Trinajstić information content (AvgIpc) is 3.09. The molecule has 2 rings (SSSR count). The van der Waals surface area contributed by atoms with Crippen LogP contribution in [0.3, 0.4) is 0 Å². The van der Waals surface area contributed by atoms with Gasteiger partial charge in [-0.1, -0.05) is 24.9 Å². The van der Waals surface area contributed by atoms with E-state index < -0.39 is 10.0 Å². The van der Waals surface area contributed by atoms with E-state index in [2.05, 4.69) is 28.2 Å². The fraction of sp³-hybridized carbons (Fsp3) is 0.462. The van der Waals surface area contributed by atoms with Crippen LogP contribution in [-0.4, -0.2) is 20.4 Å². The Bertz CT molecular complexity index is 678. The summed E-state index contributed by atoms with van der Waals surface area (Å²) in [5, 5.41) is 8.14. The van der Waals surface area contributed by atoms with Crippen molar-refractivity contribution < 1.29 is 13.2 Å². The molecule has 0 aliphatic heterocycles. The van der Waals surface area contributed by atoms with Gasteiger partial charge in [-0.15, -0.1) is 0 Å². The van der Waals surface area contributed by atoms with Crippen LogP contribution in [0, 0.1) is 5.92 Å². The number of amides is 1. The predicted octanol–water partition coefficient (Wildman–Crippen LogP) is 2.67. The lowest BCUT2D eigenvalue weighted by Gasteiger charge is -2.10. The molecule has 1 aliphatic rings. The van der Waals surface area contributed by atoms with Crippen LogP contribution in [0.5, 0.6) is 0 Å². The molecule has 1 saturated carbocycles. The first kappa shape index (κ1) is 16.7. The van der Waals surface area contributed by atoms with Gasteiger partial charge in [0, 0.05) is 10.5 Å². The van der Waals surface area contributed by atoms with E-state index in [0.29, 0.717) is 10.4 Å². The molecule has 1 amide bonds. The summed E-state index contributed by atoms with van der Waals surface area (Å²) in [7, 11) is -3.90. The van der Waals surface area contributed by atoms with Crippen LogP contribution in [0.1, 0.15) is 36.5 Å². The normalized spacial score (nSPS) is 21.1. The summed E-state index contributed by atoms with van der Waals surface area (Å²) in [6, 6.07) is 2.63. The number of benzene rings is 1. The van der Waals surface area contributed by atoms with Gasteiger partial charge in [0.25, 0.3) is 5.91 Å². The lowest BCUT2D eigenvalue weighted by atomic mass is 10.2. The minimum Gasteiger partial charge on any atom is -0.349 e. The van der Waals surface area contributed by atoms with Crippen molar-refractivity contribution in [1.82, 2.24) is 5.32 Å². The van der Waals surface area contributed by atoms with E-state index in [0.717, 1.165) is 19.3 Å². The van der Waals surface area contributed by atoms with E-state index in [1.807, 2.05) is 0 Å². The molecule has 0 radical (unpaired) electrons. The van der Waals surface area contributed by atoms with Gasteiger partial charge in [0.15, 0.2) is 0 Å². The molecule has 3 N–H and O–H groups in total. The number of sulfonamides is 1. The predicted molar refractivity (Wildman–Crippen MR) is 84.8 cm³/mol. The van der Waals surface area contributed by atoms with Crippen molar-refractivity contribution in [2.75, 3.05) is 0 Å². The highest BCUT2D eigenvalue weighted by molar-refractivity contribution is 9.10. The third kappa shape index (κ3) is 3.97. The van der Waals surface area contributed by atoms with Crippen LogP contribution >= 0.6 is 27.5 Å². The number of primary sulfonamides is 1. The fourth-order valence-corrected chi connectivity index (χ4v) is 3.62.